The van der Waals surface area contributed by atoms with Crippen LogP contribution in [0.5, 0.6) is 11.5 Å². The summed E-state index contributed by atoms with van der Waals surface area (Å²) in [5.41, 5.74) is 2.46. The van der Waals surface area contributed by atoms with E-state index in [4.69, 9.17) is 25.5 Å². The third-order valence-electron chi connectivity index (χ3n) is 6.34. The summed E-state index contributed by atoms with van der Waals surface area (Å²) in [6, 6.07) is 15.2. The molecular formula is C29H25BrClNO5. The number of hydrogen-bond donors (Lipinski definition) is 0. The van der Waals surface area contributed by atoms with Crippen LogP contribution in [0.1, 0.15) is 47.1 Å². The van der Waals surface area contributed by atoms with Crippen molar-refractivity contribution in [2.75, 3.05) is 18.6 Å². The van der Waals surface area contributed by atoms with Crippen molar-refractivity contribution in [3.05, 3.63) is 96.8 Å². The van der Waals surface area contributed by atoms with Crippen LogP contribution in [0.3, 0.4) is 0 Å². The summed E-state index contributed by atoms with van der Waals surface area (Å²) in [6.07, 6.45) is 0. The first-order valence-electron chi connectivity index (χ1n) is 11.9. The molecule has 37 heavy (non-hydrogen) atoms. The summed E-state index contributed by atoms with van der Waals surface area (Å²) < 4.78 is 18.3. The predicted octanol–water partition coefficient (Wildman–Crippen LogP) is 7.31. The summed E-state index contributed by atoms with van der Waals surface area (Å²) >= 11 is 9.87. The summed E-state index contributed by atoms with van der Waals surface area (Å²) in [4.78, 5) is 29.2. The number of ether oxygens (including phenoxy) is 2. The van der Waals surface area contributed by atoms with E-state index in [1.807, 2.05) is 25.1 Å². The Bertz CT molecular complexity index is 1600. The van der Waals surface area contributed by atoms with Gasteiger partial charge in [-0.2, -0.15) is 0 Å². The fourth-order valence-electron chi connectivity index (χ4n) is 4.49. The molecule has 1 amide bonds. The van der Waals surface area contributed by atoms with Crippen LogP contribution in [-0.4, -0.2) is 19.6 Å². The van der Waals surface area contributed by atoms with Crippen molar-refractivity contribution in [1.29, 1.82) is 0 Å². The molecule has 0 spiro atoms. The second kappa shape index (κ2) is 9.88. The Morgan fingerprint density at radius 1 is 1.05 bits per heavy atom. The molecule has 0 aliphatic carbocycles. The van der Waals surface area contributed by atoms with Crippen LogP contribution < -0.4 is 19.8 Å². The lowest BCUT2D eigenvalue weighted by atomic mass is 9.97. The smallest absolute Gasteiger partial charge is 0.295 e. The Morgan fingerprint density at radius 3 is 2.54 bits per heavy atom. The summed E-state index contributed by atoms with van der Waals surface area (Å²) in [6.45, 7) is 6.54. The van der Waals surface area contributed by atoms with E-state index in [9.17, 15) is 9.59 Å². The molecule has 1 aliphatic heterocycles. The minimum absolute atomic E-state index is 0.0145. The first kappa shape index (κ1) is 25.4. The van der Waals surface area contributed by atoms with E-state index in [2.05, 4.69) is 29.8 Å². The predicted molar refractivity (Wildman–Crippen MR) is 148 cm³/mol. The van der Waals surface area contributed by atoms with Gasteiger partial charge < -0.3 is 13.9 Å². The van der Waals surface area contributed by atoms with Gasteiger partial charge in [0.05, 0.1) is 30.7 Å². The molecule has 0 fully saturated rings. The summed E-state index contributed by atoms with van der Waals surface area (Å²) in [5.74, 6) is 1.03. The van der Waals surface area contributed by atoms with Gasteiger partial charge in [0.15, 0.2) is 16.9 Å². The van der Waals surface area contributed by atoms with Crippen molar-refractivity contribution in [3.8, 4) is 11.5 Å². The molecule has 0 bridgehead atoms. The molecule has 5 rings (SSSR count). The van der Waals surface area contributed by atoms with E-state index in [-0.39, 0.29) is 16.8 Å². The van der Waals surface area contributed by atoms with Gasteiger partial charge in [0, 0.05) is 15.2 Å². The highest BCUT2D eigenvalue weighted by atomic mass is 79.9. The quantitative estimate of drug-likeness (QED) is 0.238. The van der Waals surface area contributed by atoms with Crippen LogP contribution in [0.15, 0.2) is 68.3 Å². The number of methoxy groups -OCH3 is 1. The molecule has 1 unspecified atom stereocenters. The lowest BCUT2D eigenvalue weighted by Crippen LogP contribution is -2.29. The zero-order chi connectivity index (χ0) is 26.4. The molecule has 1 aliphatic rings. The number of amides is 1. The zero-order valence-electron chi connectivity index (χ0n) is 20.8. The molecule has 0 N–H and O–H groups in total. The van der Waals surface area contributed by atoms with Crippen LogP contribution in [-0.2, 0) is 0 Å². The van der Waals surface area contributed by atoms with Gasteiger partial charge in [-0.1, -0.05) is 53.5 Å². The van der Waals surface area contributed by atoms with Crippen molar-refractivity contribution >= 4 is 50.1 Å². The highest BCUT2D eigenvalue weighted by Crippen LogP contribution is 2.44. The van der Waals surface area contributed by atoms with Gasteiger partial charge in [-0.25, -0.2) is 0 Å². The first-order chi connectivity index (χ1) is 17.7. The average Bonchev–Trinajstić information content (AvgIpc) is 3.17. The number of fused-ring (bicyclic) bond motifs is 2. The van der Waals surface area contributed by atoms with Gasteiger partial charge in [0.1, 0.15) is 5.58 Å². The topological polar surface area (TPSA) is 69.0 Å². The molecule has 0 saturated heterocycles. The van der Waals surface area contributed by atoms with Gasteiger partial charge in [0.25, 0.3) is 5.91 Å². The fraction of sp³-hybridized carbons (Fsp3) is 0.241. The molecule has 8 heteroatoms. The maximum absolute atomic E-state index is 13.9. The van der Waals surface area contributed by atoms with Crippen molar-refractivity contribution in [3.63, 3.8) is 0 Å². The van der Waals surface area contributed by atoms with Crippen LogP contribution in [0.4, 0.5) is 5.69 Å². The van der Waals surface area contributed by atoms with E-state index < -0.39 is 11.9 Å². The lowest BCUT2D eigenvalue weighted by molar-refractivity contribution is 0.0971. The lowest BCUT2D eigenvalue weighted by Gasteiger charge is -2.26. The number of halogens is 2. The molecule has 2 heterocycles. The Labute approximate surface area is 227 Å². The SMILES string of the molecule is COc1cc(C2c3c(oc4ccc(Br)cc4c3=O)C(=O)N2c2ccc(C)c(Cl)c2)ccc1OCC(C)C. The first-order valence-corrected chi connectivity index (χ1v) is 13.0. The molecule has 1 aromatic heterocycles. The Kier molecular flexibility index (Phi) is 6.77. The molecule has 1 atom stereocenters. The number of nitrogens with zero attached hydrogens (tertiary/aromatic N) is 1. The standard InChI is InChI=1S/C29H25BrClNO5/c1-15(2)14-36-23-9-6-17(11-24(23)35-4)26-25-27(33)20-12-18(30)7-10-22(20)37-28(25)29(34)32(26)19-8-5-16(3)21(31)13-19/h5-13,15,26H,14H2,1-4H3. The molecule has 3 aromatic carbocycles. The van der Waals surface area contributed by atoms with E-state index in [0.29, 0.717) is 51.3 Å². The zero-order valence-corrected chi connectivity index (χ0v) is 23.1. The minimum atomic E-state index is -0.756. The summed E-state index contributed by atoms with van der Waals surface area (Å²) in [5, 5.41) is 0.905. The molecule has 190 valence electrons. The third kappa shape index (κ3) is 4.51. The average molecular weight is 583 g/mol. The van der Waals surface area contributed by atoms with Crippen LogP contribution in [0, 0.1) is 12.8 Å². The second-order valence-electron chi connectivity index (χ2n) is 9.44. The molecule has 4 aromatic rings. The van der Waals surface area contributed by atoms with E-state index >= 15 is 0 Å². The number of carbonyl (C=O) groups excluding carboxylic acids is 1. The van der Waals surface area contributed by atoms with Crippen molar-refractivity contribution < 1.29 is 18.7 Å². The van der Waals surface area contributed by atoms with Gasteiger partial charge in [-0.3, -0.25) is 14.5 Å². The monoisotopic (exact) mass is 581 g/mol. The van der Waals surface area contributed by atoms with Gasteiger partial charge in [-0.15, -0.1) is 0 Å². The van der Waals surface area contributed by atoms with Gasteiger partial charge in [-0.05, 0) is 66.4 Å². The Hall–Kier alpha value is -3.29. The molecule has 6 nitrogen and oxygen atoms in total. The maximum Gasteiger partial charge on any atom is 0.295 e. The molecule has 0 radical (unpaired) electrons. The van der Waals surface area contributed by atoms with Crippen LogP contribution >= 0.6 is 27.5 Å². The number of rotatable bonds is 6. The largest absolute Gasteiger partial charge is 0.493 e. The molecule has 0 saturated carbocycles. The second-order valence-corrected chi connectivity index (χ2v) is 10.8. The number of anilines is 1. The normalized spacial score (nSPS) is 14.9. The Balaban J connectivity index is 1.74. The highest BCUT2D eigenvalue weighted by Gasteiger charge is 2.44. The summed E-state index contributed by atoms with van der Waals surface area (Å²) in [7, 11) is 1.56. The number of aryl methyl sites for hydroxylation is 1. The van der Waals surface area contributed by atoms with E-state index in [0.717, 1.165) is 10.0 Å². The number of carbonyl (C=O) groups is 1. The maximum atomic E-state index is 13.9. The fourth-order valence-corrected chi connectivity index (χ4v) is 5.02. The van der Waals surface area contributed by atoms with Gasteiger partial charge >= 0.3 is 0 Å². The number of hydrogen-bond acceptors (Lipinski definition) is 5. The van der Waals surface area contributed by atoms with E-state index in [1.165, 1.54) is 0 Å². The van der Waals surface area contributed by atoms with Crippen LogP contribution in [0.2, 0.25) is 5.02 Å². The van der Waals surface area contributed by atoms with Crippen molar-refractivity contribution in [2.24, 2.45) is 5.92 Å². The minimum Gasteiger partial charge on any atom is -0.493 e. The van der Waals surface area contributed by atoms with Crippen molar-refractivity contribution in [1.82, 2.24) is 0 Å². The third-order valence-corrected chi connectivity index (χ3v) is 7.24. The van der Waals surface area contributed by atoms with E-state index in [1.54, 1.807) is 48.4 Å². The van der Waals surface area contributed by atoms with Crippen LogP contribution in [0.25, 0.3) is 11.0 Å². The number of benzene rings is 3. The Morgan fingerprint density at radius 2 is 1.84 bits per heavy atom. The van der Waals surface area contributed by atoms with Gasteiger partial charge in [0.2, 0.25) is 5.76 Å². The molecular weight excluding hydrogens is 558 g/mol. The van der Waals surface area contributed by atoms with Crippen molar-refractivity contribution in [2.45, 2.75) is 26.8 Å². The highest BCUT2D eigenvalue weighted by molar-refractivity contribution is 9.10.